The molecule has 0 aliphatic carbocycles. The Kier molecular flexibility index (Phi) is 4.10. The summed E-state index contributed by atoms with van der Waals surface area (Å²) in [5.74, 6) is -1.16. The third-order valence-electron chi connectivity index (χ3n) is 4.57. The highest BCUT2D eigenvalue weighted by Gasteiger charge is 2.44. The summed E-state index contributed by atoms with van der Waals surface area (Å²) in [5, 5.41) is 12.9. The maximum Gasteiger partial charge on any atom is 0.313 e. The van der Waals surface area contributed by atoms with Gasteiger partial charge in [-0.2, -0.15) is 0 Å². The van der Waals surface area contributed by atoms with E-state index in [1.807, 2.05) is 6.92 Å². The molecule has 2 fully saturated rings. The monoisotopic (exact) mass is 322 g/mol. The molecule has 118 valence electrons. The van der Waals surface area contributed by atoms with Gasteiger partial charge in [-0.15, -0.1) is 0 Å². The lowest BCUT2D eigenvalue weighted by molar-refractivity contribution is -0.147. The van der Waals surface area contributed by atoms with Gasteiger partial charge in [-0.05, 0) is 50.3 Å². The van der Waals surface area contributed by atoms with Gasteiger partial charge in [0.1, 0.15) is 0 Å². The van der Waals surface area contributed by atoms with Crippen molar-refractivity contribution in [3.8, 4) is 0 Å². The average Bonchev–Trinajstić information content (AvgIpc) is 2.74. The molecule has 2 atom stereocenters. The zero-order chi connectivity index (χ0) is 15.9. The van der Waals surface area contributed by atoms with Crippen LogP contribution in [0.5, 0.6) is 0 Å². The summed E-state index contributed by atoms with van der Waals surface area (Å²) in [5.41, 5.74) is 1.42. The first-order chi connectivity index (χ1) is 10.5. The van der Waals surface area contributed by atoms with Gasteiger partial charge in [0, 0.05) is 22.8 Å². The van der Waals surface area contributed by atoms with Gasteiger partial charge in [-0.3, -0.25) is 9.59 Å². The SMILES string of the molecule is Cc1ccc(NC(=O)C(=O)N2C3CCC2CC(O)C3)cc1Cl. The molecule has 2 aliphatic heterocycles. The number of hydrogen-bond acceptors (Lipinski definition) is 3. The van der Waals surface area contributed by atoms with E-state index < -0.39 is 11.8 Å². The van der Waals surface area contributed by atoms with Crippen molar-refractivity contribution in [3.05, 3.63) is 28.8 Å². The number of benzene rings is 1. The Hall–Kier alpha value is -1.59. The number of hydrogen-bond donors (Lipinski definition) is 2. The molecular weight excluding hydrogens is 304 g/mol. The molecule has 2 amide bonds. The molecule has 2 unspecified atom stereocenters. The first-order valence-corrected chi connectivity index (χ1v) is 7.91. The Labute approximate surface area is 134 Å². The fraction of sp³-hybridized carbons (Fsp3) is 0.500. The molecule has 2 saturated heterocycles. The number of carbonyl (C=O) groups is 2. The molecule has 0 aromatic heterocycles. The topological polar surface area (TPSA) is 69.6 Å². The van der Waals surface area contributed by atoms with Crippen LogP contribution in [0.4, 0.5) is 5.69 Å². The molecule has 3 rings (SSSR count). The second-order valence-corrected chi connectivity index (χ2v) is 6.55. The number of nitrogens with one attached hydrogen (secondary N) is 1. The van der Waals surface area contributed by atoms with Crippen LogP contribution in [-0.2, 0) is 9.59 Å². The van der Waals surface area contributed by atoms with Crippen LogP contribution >= 0.6 is 11.6 Å². The number of carbonyl (C=O) groups excluding carboxylic acids is 2. The predicted octanol–water partition coefficient (Wildman–Crippen LogP) is 2.10. The van der Waals surface area contributed by atoms with Crippen molar-refractivity contribution in [3.63, 3.8) is 0 Å². The van der Waals surface area contributed by atoms with E-state index in [0.29, 0.717) is 23.6 Å². The summed E-state index contributed by atoms with van der Waals surface area (Å²) < 4.78 is 0. The van der Waals surface area contributed by atoms with Crippen LogP contribution in [0.2, 0.25) is 5.02 Å². The molecule has 22 heavy (non-hydrogen) atoms. The van der Waals surface area contributed by atoms with Crippen LogP contribution in [0.1, 0.15) is 31.2 Å². The van der Waals surface area contributed by atoms with Gasteiger partial charge < -0.3 is 15.3 Å². The molecule has 5 nitrogen and oxygen atoms in total. The highest BCUT2D eigenvalue weighted by Crippen LogP contribution is 2.35. The number of aryl methyl sites for hydroxylation is 1. The number of rotatable bonds is 1. The molecule has 2 heterocycles. The normalized spacial score (nSPS) is 26.9. The quantitative estimate of drug-likeness (QED) is 0.778. The van der Waals surface area contributed by atoms with Crippen LogP contribution < -0.4 is 5.32 Å². The molecule has 1 aromatic carbocycles. The van der Waals surface area contributed by atoms with Crippen molar-refractivity contribution in [1.29, 1.82) is 0 Å². The van der Waals surface area contributed by atoms with Crippen LogP contribution in [0.15, 0.2) is 18.2 Å². The first kappa shape index (κ1) is 15.3. The van der Waals surface area contributed by atoms with Gasteiger partial charge in [0.25, 0.3) is 0 Å². The minimum Gasteiger partial charge on any atom is -0.393 e. The van der Waals surface area contributed by atoms with E-state index in [0.717, 1.165) is 18.4 Å². The molecule has 6 heteroatoms. The van der Waals surface area contributed by atoms with Crippen LogP contribution in [-0.4, -0.2) is 40.0 Å². The van der Waals surface area contributed by atoms with Crippen molar-refractivity contribution in [2.45, 2.75) is 50.8 Å². The largest absolute Gasteiger partial charge is 0.393 e. The summed E-state index contributed by atoms with van der Waals surface area (Å²) in [4.78, 5) is 26.3. The van der Waals surface area contributed by atoms with Crippen molar-refractivity contribution in [1.82, 2.24) is 4.90 Å². The van der Waals surface area contributed by atoms with E-state index in [-0.39, 0.29) is 18.2 Å². The van der Waals surface area contributed by atoms with Crippen LogP contribution in [0, 0.1) is 6.92 Å². The molecule has 0 saturated carbocycles. The summed E-state index contributed by atoms with van der Waals surface area (Å²) in [7, 11) is 0. The third-order valence-corrected chi connectivity index (χ3v) is 4.97. The van der Waals surface area contributed by atoms with E-state index >= 15 is 0 Å². The van der Waals surface area contributed by atoms with Gasteiger partial charge >= 0.3 is 11.8 Å². The number of amides is 2. The van der Waals surface area contributed by atoms with Crippen molar-refractivity contribution >= 4 is 29.1 Å². The van der Waals surface area contributed by atoms with Crippen molar-refractivity contribution in [2.75, 3.05) is 5.32 Å². The minimum atomic E-state index is -0.645. The molecule has 0 spiro atoms. The fourth-order valence-electron chi connectivity index (χ4n) is 3.45. The number of aliphatic hydroxyl groups excluding tert-OH is 1. The lowest BCUT2D eigenvalue weighted by Crippen LogP contribution is -2.51. The van der Waals surface area contributed by atoms with E-state index in [4.69, 9.17) is 11.6 Å². The van der Waals surface area contributed by atoms with Gasteiger partial charge in [-0.25, -0.2) is 0 Å². The van der Waals surface area contributed by atoms with E-state index in [1.165, 1.54) is 0 Å². The minimum absolute atomic E-state index is 0.0198. The number of aliphatic hydroxyl groups is 1. The smallest absolute Gasteiger partial charge is 0.313 e. The Morgan fingerprint density at radius 2 is 1.91 bits per heavy atom. The number of anilines is 1. The van der Waals surface area contributed by atoms with Crippen LogP contribution in [0.25, 0.3) is 0 Å². The highest BCUT2D eigenvalue weighted by atomic mass is 35.5. The predicted molar refractivity (Wildman–Crippen MR) is 83.7 cm³/mol. The lowest BCUT2D eigenvalue weighted by Gasteiger charge is -2.36. The second kappa shape index (κ2) is 5.89. The maximum atomic E-state index is 12.4. The van der Waals surface area contributed by atoms with Crippen molar-refractivity contribution < 1.29 is 14.7 Å². The first-order valence-electron chi connectivity index (χ1n) is 7.53. The Morgan fingerprint density at radius 3 is 2.50 bits per heavy atom. The third kappa shape index (κ3) is 2.83. The van der Waals surface area contributed by atoms with E-state index in [9.17, 15) is 14.7 Å². The van der Waals surface area contributed by atoms with Gasteiger partial charge in [-0.1, -0.05) is 17.7 Å². The summed E-state index contributed by atoms with van der Waals surface area (Å²) in [6.07, 6.45) is 2.48. The second-order valence-electron chi connectivity index (χ2n) is 6.14. The molecule has 2 aliphatic rings. The lowest BCUT2D eigenvalue weighted by atomic mass is 10.00. The Morgan fingerprint density at radius 1 is 1.27 bits per heavy atom. The number of piperidine rings is 1. The van der Waals surface area contributed by atoms with Crippen molar-refractivity contribution in [2.24, 2.45) is 0 Å². The highest BCUT2D eigenvalue weighted by molar-refractivity contribution is 6.40. The maximum absolute atomic E-state index is 12.4. The Balaban J connectivity index is 1.70. The number of fused-ring (bicyclic) bond motifs is 2. The van der Waals surface area contributed by atoms with Gasteiger partial charge in [0.05, 0.1) is 6.10 Å². The zero-order valence-corrected chi connectivity index (χ0v) is 13.1. The summed E-state index contributed by atoms with van der Waals surface area (Å²) in [6.45, 7) is 1.87. The Bertz CT molecular complexity index is 605. The standard InChI is InChI=1S/C16H19ClN2O3/c1-9-2-3-10(6-14(9)17)18-15(21)16(22)19-11-4-5-12(19)8-13(20)7-11/h2-3,6,11-13,20H,4-5,7-8H2,1H3,(H,18,21). The molecular formula is C16H19ClN2O3. The summed E-state index contributed by atoms with van der Waals surface area (Å²) >= 11 is 6.02. The van der Waals surface area contributed by atoms with E-state index in [1.54, 1.807) is 23.1 Å². The average molecular weight is 323 g/mol. The van der Waals surface area contributed by atoms with Gasteiger partial charge in [0.15, 0.2) is 0 Å². The van der Waals surface area contributed by atoms with Crippen LogP contribution in [0.3, 0.4) is 0 Å². The molecule has 0 radical (unpaired) electrons. The molecule has 2 N–H and O–H groups in total. The van der Waals surface area contributed by atoms with E-state index in [2.05, 4.69) is 5.32 Å². The van der Waals surface area contributed by atoms with Gasteiger partial charge in [0.2, 0.25) is 0 Å². The molecule has 2 bridgehead atoms. The molecule has 1 aromatic rings. The zero-order valence-electron chi connectivity index (χ0n) is 12.4. The number of halogens is 1. The number of nitrogens with zero attached hydrogens (tertiary/aromatic N) is 1. The summed E-state index contributed by atoms with van der Waals surface area (Å²) in [6, 6.07) is 5.11. The fourth-order valence-corrected chi connectivity index (χ4v) is 3.63.